The molecule has 0 aliphatic carbocycles. The van der Waals surface area contributed by atoms with Crippen LogP contribution in [0.2, 0.25) is 0 Å². The minimum Gasteiger partial charge on any atom is -0.310 e. The molecule has 8 nitrogen and oxygen atoms in total. The quantitative estimate of drug-likeness (QED) is 0.101. The molecular weight excluding hydrogens is 1150 g/mol. The molecule has 0 atom stereocenters. The number of rotatable bonds is 10. The summed E-state index contributed by atoms with van der Waals surface area (Å²) in [5, 5.41) is 0. The molecule has 0 N–H and O–H groups in total. The molecule has 0 fully saturated rings. The molecule has 0 radical (unpaired) electrons. The number of nitrogens with zero attached hydrogens (tertiary/aromatic N) is 8. The first kappa shape index (κ1) is 56.3. The van der Waals surface area contributed by atoms with Crippen LogP contribution in [0.1, 0.15) is 52.7 Å². The molecule has 4 aromatic heterocycles. The highest BCUT2D eigenvalue weighted by atomic mass is 15.2. The third-order valence-electron chi connectivity index (χ3n) is 18.8. The van der Waals surface area contributed by atoms with Gasteiger partial charge < -0.3 is 36.9 Å². The molecule has 17 rings (SSSR count). The number of para-hydroxylation sites is 8. The highest BCUT2D eigenvalue weighted by Crippen LogP contribution is 2.47. The van der Waals surface area contributed by atoms with Gasteiger partial charge in [-0.15, -0.1) is 0 Å². The Hall–Kier alpha value is -11.7. The van der Waals surface area contributed by atoms with Crippen LogP contribution in [-0.2, 0) is 10.8 Å². The molecule has 0 spiro atoms. The third kappa shape index (κ3) is 9.19. The molecule has 13 aromatic carbocycles. The zero-order chi connectivity index (χ0) is 63.4. The van der Waals surface area contributed by atoms with Gasteiger partial charge in [0, 0.05) is 45.5 Å². The van der Waals surface area contributed by atoms with E-state index in [4.69, 9.17) is 0 Å². The molecule has 4 heterocycles. The molecule has 0 saturated heterocycles. The summed E-state index contributed by atoms with van der Waals surface area (Å²) in [6.07, 6.45) is 0. The number of benzene rings is 13. The first-order valence-electron chi connectivity index (χ1n) is 32.6. The maximum absolute atomic E-state index is 2.59. The summed E-state index contributed by atoms with van der Waals surface area (Å²) in [7, 11) is 0. The highest BCUT2D eigenvalue weighted by Gasteiger charge is 2.29. The monoisotopic (exact) mass is 1210 g/mol. The van der Waals surface area contributed by atoms with Gasteiger partial charge in [0.25, 0.3) is 0 Å². The lowest BCUT2D eigenvalue weighted by atomic mass is 9.87. The van der Waals surface area contributed by atoms with Gasteiger partial charge in [0.15, 0.2) is 0 Å². The molecule has 0 aliphatic heterocycles. The van der Waals surface area contributed by atoms with E-state index in [1.165, 1.54) is 11.1 Å². The highest BCUT2D eigenvalue weighted by molar-refractivity contribution is 6.13. The Morgan fingerprint density at radius 1 is 0.202 bits per heavy atom. The van der Waals surface area contributed by atoms with Crippen molar-refractivity contribution in [3.05, 3.63) is 327 Å². The van der Waals surface area contributed by atoms with Crippen LogP contribution in [0.3, 0.4) is 0 Å². The number of aromatic nitrogens is 6. The van der Waals surface area contributed by atoms with Gasteiger partial charge in [-0.3, -0.25) is 0 Å². The molecule has 0 bridgehead atoms. The minimum atomic E-state index is -0.154. The predicted octanol–water partition coefficient (Wildman–Crippen LogP) is 22.9. The summed E-state index contributed by atoms with van der Waals surface area (Å²) >= 11 is 0. The van der Waals surface area contributed by atoms with Crippen molar-refractivity contribution in [3.8, 4) is 22.7 Å². The topological polar surface area (TPSA) is 35.0 Å². The molecule has 17 aromatic rings. The van der Waals surface area contributed by atoms with Crippen LogP contribution in [0, 0.1) is 0 Å². The van der Waals surface area contributed by atoms with E-state index in [2.05, 4.69) is 394 Å². The number of anilines is 6. The fraction of sp³-hybridized carbons (Fsp3) is 0.0930. The van der Waals surface area contributed by atoms with E-state index < -0.39 is 0 Å². The van der Waals surface area contributed by atoms with Gasteiger partial charge in [-0.2, -0.15) is 0 Å². The van der Waals surface area contributed by atoms with Crippen molar-refractivity contribution in [2.24, 2.45) is 0 Å². The Balaban J connectivity index is 1.15. The molecule has 94 heavy (non-hydrogen) atoms. The molecular formula is C86H70N8. The van der Waals surface area contributed by atoms with E-state index in [0.717, 1.165) is 134 Å². The molecule has 0 saturated carbocycles. The van der Waals surface area contributed by atoms with Crippen molar-refractivity contribution in [1.82, 2.24) is 27.1 Å². The zero-order valence-corrected chi connectivity index (χ0v) is 53.6. The van der Waals surface area contributed by atoms with Crippen molar-refractivity contribution in [2.45, 2.75) is 52.4 Å². The van der Waals surface area contributed by atoms with Crippen LogP contribution in [0.5, 0.6) is 0 Å². The lowest BCUT2D eigenvalue weighted by Crippen LogP contribution is -2.17. The van der Waals surface area contributed by atoms with Crippen LogP contribution in [-0.4, -0.2) is 27.1 Å². The van der Waals surface area contributed by atoms with Gasteiger partial charge in [0.05, 0.1) is 88.6 Å². The summed E-state index contributed by atoms with van der Waals surface area (Å²) in [5.41, 5.74) is 27.6. The van der Waals surface area contributed by atoms with E-state index in [9.17, 15) is 0 Å². The summed E-state index contributed by atoms with van der Waals surface area (Å²) in [6.45, 7) is 13.9. The smallest absolute Gasteiger partial charge is 0.0949 e. The van der Waals surface area contributed by atoms with Crippen molar-refractivity contribution < 1.29 is 0 Å². The lowest BCUT2D eigenvalue weighted by Gasteiger charge is -2.31. The van der Waals surface area contributed by atoms with Crippen LogP contribution >= 0.6 is 0 Å². The SMILES string of the molecule is CC(C)(C)c1ccc2c(c1)n(-c1ccccc1)c1cc(N(c3ccccc3)c3ccccc3)cc3c1n2c1cc2c(cc1n3-c1ccccc1)n(-c1ccccc1)c1cc(N(c3ccccc3)c3ccccc3)cc3c1n2c1ccc(C(C)(C)C)cc1n3-c1ccccc1. The summed E-state index contributed by atoms with van der Waals surface area (Å²) in [4.78, 5) is 4.82. The van der Waals surface area contributed by atoms with Gasteiger partial charge in [-0.05, 0) is 180 Å². The molecule has 0 amide bonds. The van der Waals surface area contributed by atoms with Crippen LogP contribution in [0.4, 0.5) is 34.1 Å². The van der Waals surface area contributed by atoms with Crippen molar-refractivity contribution in [1.29, 1.82) is 0 Å². The molecule has 8 heteroatoms. The average molecular weight is 1220 g/mol. The van der Waals surface area contributed by atoms with Crippen LogP contribution < -0.4 is 9.80 Å². The summed E-state index contributed by atoms with van der Waals surface area (Å²) in [5.74, 6) is 0. The van der Waals surface area contributed by atoms with Gasteiger partial charge in [-0.25, -0.2) is 0 Å². The van der Waals surface area contributed by atoms with E-state index in [0.29, 0.717) is 0 Å². The standard InChI is InChI=1S/C86H70N8/c1-85(2,3)59-47-49-71-73(51-59)89(65-39-23-11-24-40-65)79-53-69(87(61-31-15-7-16-32-61)62-33-17-8-18-34-62)55-81-83(79)93(71)77-58-78-76(57-75(77)91(81)67-43-27-13-28-44-67)92(68-45-29-14-30-46-68)82-56-70(88(63-35-19-9-20-36-63)64-37-21-10-22-38-64)54-80-84(82)94(78)72-50-48-60(86(4,5)6)52-74(72)90(80)66-41-25-12-26-42-66/h7-58H,1-6H3. The number of fused-ring (bicyclic) bond motifs is 8. The summed E-state index contributed by atoms with van der Waals surface area (Å²) in [6, 6.07) is 116. The molecule has 454 valence electrons. The minimum absolute atomic E-state index is 0.154. The lowest BCUT2D eigenvalue weighted by molar-refractivity contribution is 0.590. The fourth-order valence-electron chi connectivity index (χ4n) is 14.4. The van der Waals surface area contributed by atoms with Gasteiger partial charge in [0.1, 0.15) is 0 Å². The van der Waals surface area contributed by atoms with Crippen molar-refractivity contribution >= 4 is 111 Å². The Labute approximate surface area is 546 Å². The van der Waals surface area contributed by atoms with E-state index in [1.54, 1.807) is 0 Å². The number of hydrogen-bond acceptors (Lipinski definition) is 2. The third-order valence-corrected chi connectivity index (χ3v) is 18.8. The van der Waals surface area contributed by atoms with Gasteiger partial charge in [-0.1, -0.05) is 199 Å². The van der Waals surface area contributed by atoms with Crippen molar-refractivity contribution in [2.75, 3.05) is 9.80 Å². The first-order valence-corrected chi connectivity index (χ1v) is 32.6. The normalized spacial score (nSPS) is 12.1. The first-order chi connectivity index (χ1) is 45.9. The Kier molecular flexibility index (Phi) is 13.2. The predicted molar refractivity (Wildman–Crippen MR) is 395 cm³/mol. The van der Waals surface area contributed by atoms with E-state index in [1.807, 2.05) is 0 Å². The van der Waals surface area contributed by atoms with Gasteiger partial charge >= 0.3 is 0 Å². The number of hydrogen-bond donors (Lipinski definition) is 0. The second-order valence-corrected chi connectivity index (χ2v) is 26.8. The second-order valence-electron chi connectivity index (χ2n) is 26.8. The Morgan fingerprint density at radius 2 is 0.436 bits per heavy atom. The molecule has 0 unspecified atom stereocenters. The average Bonchev–Trinajstić information content (AvgIpc) is 0.687. The molecule has 0 aliphatic rings. The van der Waals surface area contributed by atoms with Gasteiger partial charge in [0.2, 0.25) is 0 Å². The second kappa shape index (κ2) is 22.0. The largest absolute Gasteiger partial charge is 0.310 e. The van der Waals surface area contributed by atoms with Crippen molar-refractivity contribution in [3.63, 3.8) is 0 Å². The fourth-order valence-corrected chi connectivity index (χ4v) is 14.4. The maximum atomic E-state index is 2.59. The van der Waals surface area contributed by atoms with E-state index >= 15 is 0 Å². The van der Waals surface area contributed by atoms with E-state index in [-0.39, 0.29) is 10.8 Å². The Morgan fingerprint density at radius 3 is 0.691 bits per heavy atom. The Bertz CT molecular complexity index is 5330. The summed E-state index contributed by atoms with van der Waals surface area (Å²) < 4.78 is 15.3. The maximum Gasteiger partial charge on any atom is 0.0949 e. The zero-order valence-electron chi connectivity index (χ0n) is 53.6. The van der Waals surface area contributed by atoms with Crippen LogP contribution in [0.15, 0.2) is 315 Å². The van der Waals surface area contributed by atoms with Crippen LogP contribution in [0.25, 0.3) is 100.0 Å².